The molecule has 0 N–H and O–H groups in total. The maximum atomic E-state index is 2.64. The van der Waals surface area contributed by atoms with Crippen LogP contribution >= 0.6 is 11.3 Å². The maximum Gasteiger partial charge on any atom is 0.0729 e. The molecule has 0 unspecified atom stereocenters. The summed E-state index contributed by atoms with van der Waals surface area (Å²) in [6.45, 7) is 27.7. The molecule has 3 aromatic heterocycles. The number of aromatic nitrogens is 1. The number of fused-ring (bicyclic) bond motifs is 10. The van der Waals surface area contributed by atoms with Crippen LogP contribution in [-0.4, -0.2) is 4.40 Å². The lowest BCUT2D eigenvalue weighted by Crippen LogP contribution is -2.16. The summed E-state index contributed by atoms with van der Waals surface area (Å²) < 4.78 is 5.25. The molecule has 0 atom stereocenters. The van der Waals surface area contributed by atoms with Crippen molar-refractivity contribution in [3.63, 3.8) is 0 Å². The van der Waals surface area contributed by atoms with E-state index in [2.05, 4.69) is 261 Å². The van der Waals surface area contributed by atoms with Crippen LogP contribution in [0.5, 0.6) is 0 Å². The van der Waals surface area contributed by atoms with Crippen LogP contribution in [0.2, 0.25) is 0 Å². The van der Waals surface area contributed by atoms with Crippen molar-refractivity contribution in [3.05, 3.63) is 186 Å². The standard InChI is InChI=1S/C64H63N3S/c1-61(2,3)40-21-17-25-44(35-40)65(45-26-18-22-41(36-45)62(4,5)6)48-33-34-51-53(39-48)67-58-52-31-15-16-32-54(52)68-60(58)56-57(50-30-14-13-29-49(50)55(51)59(56)67)66(46-27-19-23-42(37-46)63(7,8)9)47-28-20-24-43(38-47)64(10,11)12/h13-39H,1-12H3. The quantitative estimate of drug-likeness (QED) is 0.165. The first kappa shape index (κ1) is 43.9. The second kappa shape index (κ2) is 15.5. The summed E-state index contributed by atoms with van der Waals surface area (Å²) in [4.78, 5) is 5.06. The number of nitrogens with zero attached hydrogens (tertiary/aromatic N) is 3. The molecule has 11 aromatic rings. The van der Waals surface area contributed by atoms with Crippen molar-refractivity contribution in [2.45, 2.75) is 105 Å². The summed E-state index contributed by atoms with van der Waals surface area (Å²) in [7, 11) is 0. The van der Waals surface area contributed by atoms with Gasteiger partial charge in [0.2, 0.25) is 0 Å². The molecule has 4 heteroatoms. The lowest BCUT2D eigenvalue weighted by atomic mass is 9.86. The fourth-order valence-electron chi connectivity index (χ4n) is 10.5. The molecule has 8 aromatic carbocycles. The third-order valence-corrected chi connectivity index (χ3v) is 15.4. The average molecular weight is 906 g/mol. The molecule has 0 aliphatic heterocycles. The van der Waals surface area contributed by atoms with Gasteiger partial charge in [0.25, 0.3) is 0 Å². The summed E-state index contributed by atoms with van der Waals surface area (Å²) in [5.41, 5.74) is 15.9. The van der Waals surface area contributed by atoms with Gasteiger partial charge in [0.05, 0.1) is 26.9 Å². The molecule has 0 aliphatic rings. The Morgan fingerprint density at radius 3 is 1.26 bits per heavy atom. The van der Waals surface area contributed by atoms with E-state index >= 15 is 0 Å². The van der Waals surface area contributed by atoms with Crippen LogP contribution in [0.4, 0.5) is 34.1 Å². The van der Waals surface area contributed by atoms with Gasteiger partial charge in [0.15, 0.2) is 0 Å². The van der Waals surface area contributed by atoms with Crippen molar-refractivity contribution < 1.29 is 0 Å². The van der Waals surface area contributed by atoms with Gasteiger partial charge >= 0.3 is 0 Å². The van der Waals surface area contributed by atoms with Crippen molar-refractivity contribution in [1.29, 1.82) is 0 Å². The minimum absolute atomic E-state index is 0.00829. The van der Waals surface area contributed by atoms with Gasteiger partial charge in [-0.15, -0.1) is 11.3 Å². The number of rotatable bonds is 6. The second-order valence-electron chi connectivity index (χ2n) is 23.2. The summed E-state index contributed by atoms with van der Waals surface area (Å²) in [6.07, 6.45) is 0. The van der Waals surface area contributed by atoms with Gasteiger partial charge in [-0.3, -0.25) is 0 Å². The number of anilines is 6. The van der Waals surface area contributed by atoms with Crippen molar-refractivity contribution >= 4 is 104 Å². The molecule has 340 valence electrons. The van der Waals surface area contributed by atoms with Gasteiger partial charge in [0.1, 0.15) is 0 Å². The highest BCUT2D eigenvalue weighted by Crippen LogP contribution is 2.55. The molecule has 0 saturated heterocycles. The molecule has 0 saturated carbocycles. The van der Waals surface area contributed by atoms with E-state index in [1.807, 2.05) is 11.3 Å². The molecule has 3 heterocycles. The topological polar surface area (TPSA) is 10.9 Å². The maximum absolute atomic E-state index is 2.64. The van der Waals surface area contributed by atoms with Crippen molar-refractivity contribution in [2.24, 2.45) is 0 Å². The van der Waals surface area contributed by atoms with E-state index in [9.17, 15) is 0 Å². The largest absolute Gasteiger partial charge is 0.310 e. The molecule has 0 bridgehead atoms. The van der Waals surface area contributed by atoms with Gasteiger partial charge in [-0.25, -0.2) is 0 Å². The van der Waals surface area contributed by atoms with Crippen LogP contribution in [0.15, 0.2) is 164 Å². The van der Waals surface area contributed by atoms with E-state index in [1.165, 1.54) is 86.2 Å². The van der Waals surface area contributed by atoms with Crippen LogP contribution in [0.25, 0.3) is 58.3 Å². The molecule has 11 rings (SSSR count). The van der Waals surface area contributed by atoms with Crippen LogP contribution in [0.3, 0.4) is 0 Å². The first-order chi connectivity index (χ1) is 32.3. The highest BCUT2D eigenvalue weighted by molar-refractivity contribution is 7.26. The monoisotopic (exact) mass is 905 g/mol. The predicted octanol–water partition coefficient (Wildman–Crippen LogP) is 19.3. The SMILES string of the molecule is CC(C)(C)c1cccc(N(c2cccc(C(C)(C)C)c2)c2ccc3c4c5ccccc5c(N(c5cccc(C(C)(C)C)c5)c5cccc(C(C)(C)C)c5)c5c6sc7ccccc7c6n(c3c2)c54)c1. The fraction of sp³-hybridized carbons (Fsp3) is 0.250. The Hall–Kier alpha value is -6.62. The van der Waals surface area contributed by atoms with Gasteiger partial charge in [-0.05, 0) is 116 Å². The molecule has 0 radical (unpaired) electrons. The Morgan fingerprint density at radius 1 is 0.353 bits per heavy atom. The Balaban J connectivity index is 1.29. The van der Waals surface area contributed by atoms with E-state index in [4.69, 9.17) is 0 Å². The fourth-order valence-corrected chi connectivity index (χ4v) is 11.7. The number of thiophene rings is 1. The number of hydrogen-bond acceptors (Lipinski definition) is 3. The zero-order valence-electron chi connectivity index (χ0n) is 41.8. The molecular weight excluding hydrogens is 843 g/mol. The van der Waals surface area contributed by atoms with Gasteiger partial charge in [0, 0.05) is 60.1 Å². The molecule has 0 spiro atoms. The smallest absolute Gasteiger partial charge is 0.0729 e. The van der Waals surface area contributed by atoms with Gasteiger partial charge < -0.3 is 14.2 Å². The summed E-state index contributed by atoms with van der Waals surface area (Å²) in [6, 6.07) is 62.3. The molecule has 0 fully saturated rings. The van der Waals surface area contributed by atoms with E-state index < -0.39 is 0 Å². The van der Waals surface area contributed by atoms with Gasteiger partial charge in [-0.2, -0.15) is 0 Å². The van der Waals surface area contributed by atoms with Crippen LogP contribution in [0, 0.1) is 0 Å². The van der Waals surface area contributed by atoms with Gasteiger partial charge in [-0.1, -0.05) is 180 Å². The Morgan fingerprint density at radius 2 is 0.779 bits per heavy atom. The predicted molar refractivity (Wildman–Crippen MR) is 298 cm³/mol. The zero-order valence-corrected chi connectivity index (χ0v) is 42.7. The van der Waals surface area contributed by atoms with E-state index in [1.54, 1.807) is 0 Å². The third kappa shape index (κ3) is 7.14. The summed E-state index contributed by atoms with van der Waals surface area (Å²) >= 11 is 1.93. The van der Waals surface area contributed by atoms with Crippen molar-refractivity contribution in [2.75, 3.05) is 9.80 Å². The molecule has 3 nitrogen and oxygen atoms in total. The summed E-state index contributed by atoms with van der Waals surface area (Å²) in [5, 5.41) is 7.64. The molecule has 0 aliphatic carbocycles. The van der Waals surface area contributed by atoms with Crippen LogP contribution < -0.4 is 9.80 Å². The van der Waals surface area contributed by atoms with E-state index in [0.29, 0.717) is 0 Å². The van der Waals surface area contributed by atoms with E-state index in [-0.39, 0.29) is 21.7 Å². The van der Waals surface area contributed by atoms with Crippen molar-refractivity contribution in [3.8, 4) is 0 Å². The van der Waals surface area contributed by atoms with Crippen molar-refractivity contribution in [1.82, 2.24) is 4.40 Å². The Kier molecular flexibility index (Phi) is 9.98. The lowest BCUT2D eigenvalue weighted by Gasteiger charge is -2.31. The third-order valence-electron chi connectivity index (χ3n) is 14.3. The highest BCUT2D eigenvalue weighted by Gasteiger charge is 2.31. The molecule has 0 amide bonds. The minimum atomic E-state index is -0.0312. The summed E-state index contributed by atoms with van der Waals surface area (Å²) in [5.74, 6) is 0. The zero-order chi connectivity index (χ0) is 47.7. The Labute approximate surface area is 406 Å². The molecular formula is C64H63N3S. The first-order valence-electron chi connectivity index (χ1n) is 24.3. The normalized spacial score (nSPS) is 13.0. The number of benzene rings is 8. The highest BCUT2D eigenvalue weighted by atomic mass is 32.1. The minimum Gasteiger partial charge on any atom is -0.310 e. The number of hydrogen-bond donors (Lipinski definition) is 0. The molecule has 68 heavy (non-hydrogen) atoms. The van der Waals surface area contributed by atoms with E-state index in [0.717, 1.165) is 28.4 Å². The van der Waals surface area contributed by atoms with Crippen LogP contribution in [0.1, 0.15) is 105 Å². The lowest BCUT2D eigenvalue weighted by molar-refractivity contribution is 0.589. The van der Waals surface area contributed by atoms with Crippen LogP contribution in [-0.2, 0) is 21.7 Å². The first-order valence-corrected chi connectivity index (χ1v) is 25.2. The second-order valence-corrected chi connectivity index (χ2v) is 24.2. The average Bonchev–Trinajstić information content (AvgIpc) is 3.94. The Bertz CT molecular complexity index is 3630.